The van der Waals surface area contributed by atoms with Crippen LogP contribution in [0.25, 0.3) is 0 Å². The van der Waals surface area contributed by atoms with E-state index in [2.05, 4.69) is 15.9 Å². The second-order valence-corrected chi connectivity index (χ2v) is 3.98. The Labute approximate surface area is 95.6 Å². The van der Waals surface area contributed by atoms with Crippen molar-refractivity contribution in [2.75, 3.05) is 5.33 Å². The average molecular weight is 269 g/mol. The fraction of sp³-hybridized carbons (Fsp3) is 0.273. The first-order valence-corrected chi connectivity index (χ1v) is 5.66. The molecule has 1 atom stereocenters. The Morgan fingerprint density at radius 3 is 2.93 bits per heavy atom. The zero-order valence-electron chi connectivity index (χ0n) is 8.12. The van der Waals surface area contributed by atoms with Crippen LogP contribution in [-0.4, -0.2) is 17.1 Å². The quantitative estimate of drug-likeness (QED) is 0.610. The van der Waals surface area contributed by atoms with Gasteiger partial charge in [-0.2, -0.15) is 0 Å². The van der Waals surface area contributed by atoms with E-state index in [0.29, 0.717) is 11.1 Å². The van der Waals surface area contributed by atoms with Gasteiger partial charge < -0.3 is 4.74 Å². The summed E-state index contributed by atoms with van der Waals surface area (Å²) in [7, 11) is 0. The fourth-order valence-corrected chi connectivity index (χ4v) is 2.03. The molecule has 0 N–H and O–H groups in total. The van der Waals surface area contributed by atoms with Crippen molar-refractivity contribution in [3.05, 3.63) is 34.9 Å². The normalized spacial score (nSPS) is 18.5. The maximum absolute atomic E-state index is 11.6. The van der Waals surface area contributed by atoms with Crippen molar-refractivity contribution >= 4 is 27.7 Å². The molecule has 0 amide bonds. The molecule has 3 nitrogen and oxygen atoms in total. The molecule has 0 saturated heterocycles. The molecule has 1 aromatic carbocycles. The molecule has 0 fully saturated rings. The van der Waals surface area contributed by atoms with Crippen LogP contribution in [0.1, 0.15) is 27.6 Å². The van der Waals surface area contributed by atoms with E-state index in [4.69, 9.17) is 4.74 Å². The van der Waals surface area contributed by atoms with Crippen molar-refractivity contribution in [2.24, 2.45) is 0 Å². The van der Waals surface area contributed by atoms with Crippen LogP contribution in [0, 0.1) is 6.92 Å². The van der Waals surface area contributed by atoms with Gasteiger partial charge in [-0.05, 0) is 18.6 Å². The predicted octanol–water partition coefficient (Wildman–Crippen LogP) is 2.17. The summed E-state index contributed by atoms with van der Waals surface area (Å²) < 4.78 is 5.05. The number of benzene rings is 1. The Morgan fingerprint density at radius 2 is 2.27 bits per heavy atom. The van der Waals surface area contributed by atoms with Gasteiger partial charge in [0.05, 0.1) is 10.9 Å². The Morgan fingerprint density at radius 1 is 1.53 bits per heavy atom. The number of hydrogen-bond acceptors (Lipinski definition) is 3. The summed E-state index contributed by atoms with van der Waals surface area (Å²) in [6, 6.07) is 5.35. The lowest BCUT2D eigenvalue weighted by atomic mass is 9.98. The van der Waals surface area contributed by atoms with Gasteiger partial charge in [-0.1, -0.05) is 28.1 Å². The predicted molar refractivity (Wildman–Crippen MR) is 58.1 cm³/mol. The highest BCUT2D eigenvalue weighted by atomic mass is 79.9. The number of carbonyl (C=O) groups excluding carboxylic acids is 2. The number of fused-ring (bicyclic) bond motifs is 1. The van der Waals surface area contributed by atoms with E-state index in [1.165, 1.54) is 0 Å². The summed E-state index contributed by atoms with van der Waals surface area (Å²) in [6.45, 7) is 1.87. The summed E-state index contributed by atoms with van der Waals surface area (Å²) >= 11 is 3.08. The smallest absolute Gasteiger partial charge is 0.339 e. The van der Waals surface area contributed by atoms with Crippen LogP contribution in [0.3, 0.4) is 0 Å². The lowest BCUT2D eigenvalue weighted by Gasteiger charge is -2.09. The van der Waals surface area contributed by atoms with E-state index >= 15 is 0 Å². The third-order valence-electron chi connectivity index (χ3n) is 2.46. The Balaban J connectivity index is 2.53. The molecule has 1 unspecified atom stereocenters. The minimum Gasteiger partial charge on any atom is -0.446 e. The number of ketones is 1. The molecular weight excluding hydrogens is 260 g/mol. The number of halogens is 1. The Kier molecular flexibility index (Phi) is 2.61. The SMILES string of the molecule is Cc1cccc2c1C(C(=O)CBr)OC2=O. The second-order valence-electron chi connectivity index (χ2n) is 3.42. The van der Waals surface area contributed by atoms with Crippen LogP contribution in [0.5, 0.6) is 0 Å². The molecule has 0 spiro atoms. The minimum atomic E-state index is -0.729. The van der Waals surface area contributed by atoms with Gasteiger partial charge in [0, 0.05) is 5.56 Å². The molecule has 2 rings (SSSR count). The molecule has 4 heteroatoms. The minimum absolute atomic E-state index is 0.128. The molecular formula is C11H9BrO3. The van der Waals surface area contributed by atoms with Crippen LogP contribution in [0.15, 0.2) is 18.2 Å². The van der Waals surface area contributed by atoms with Crippen molar-refractivity contribution in [1.29, 1.82) is 0 Å². The van der Waals surface area contributed by atoms with Crippen LogP contribution in [0.2, 0.25) is 0 Å². The molecule has 1 aliphatic rings. The molecule has 1 aromatic rings. The van der Waals surface area contributed by atoms with Crippen molar-refractivity contribution in [3.8, 4) is 0 Å². The van der Waals surface area contributed by atoms with Crippen LogP contribution >= 0.6 is 15.9 Å². The average Bonchev–Trinajstić information content (AvgIpc) is 2.57. The van der Waals surface area contributed by atoms with Gasteiger partial charge in [0.2, 0.25) is 0 Å². The Bertz CT molecular complexity index is 439. The molecule has 0 bridgehead atoms. The zero-order chi connectivity index (χ0) is 11.0. The molecule has 0 radical (unpaired) electrons. The largest absolute Gasteiger partial charge is 0.446 e. The zero-order valence-corrected chi connectivity index (χ0v) is 9.71. The Hall–Kier alpha value is -1.16. The third-order valence-corrected chi connectivity index (χ3v) is 3.01. The van der Waals surface area contributed by atoms with Crippen molar-refractivity contribution < 1.29 is 14.3 Å². The molecule has 78 valence electrons. The third kappa shape index (κ3) is 1.59. The van der Waals surface area contributed by atoms with Gasteiger partial charge in [0.25, 0.3) is 0 Å². The lowest BCUT2D eigenvalue weighted by molar-refractivity contribution is -0.124. The highest BCUT2D eigenvalue weighted by molar-refractivity contribution is 9.09. The van der Waals surface area contributed by atoms with Gasteiger partial charge in [-0.3, -0.25) is 4.79 Å². The summed E-state index contributed by atoms with van der Waals surface area (Å²) in [4.78, 5) is 23.0. The monoisotopic (exact) mass is 268 g/mol. The summed E-state index contributed by atoms with van der Waals surface area (Å²) in [5.74, 6) is -0.538. The van der Waals surface area contributed by atoms with Gasteiger partial charge in [-0.25, -0.2) is 4.79 Å². The maximum Gasteiger partial charge on any atom is 0.339 e. The maximum atomic E-state index is 11.6. The van der Waals surface area contributed by atoms with Gasteiger partial charge >= 0.3 is 5.97 Å². The summed E-state index contributed by atoms with van der Waals surface area (Å²) in [5.41, 5.74) is 2.14. The number of rotatable bonds is 2. The molecule has 0 aromatic heterocycles. The number of alkyl halides is 1. The van der Waals surface area contributed by atoms with E-state index in [9.17, 15) is 9.59 Å². The van der Waals surface area contributed by atoms with E-state index in [1.54, 1.807) is 12.1 Å². The number of carbonyl (C=O) groups is 2. The first-order valence-electron chi connectivity index (χ1n) is 4.54. The van der Waals surface area contributed by atoms with Gasteiger partial charge in [0.15, 0.2) is 11.9 Å². The first kappa shape index (κ1) is 10.4. The van der Waals surface area contributed by atoms with E-state index in [-0.39, 0.29) is 11.1 Å². The van der Waals surface area contributed by atoms with E-state index < -0.39 is 12.1 Å². The molecule has 1 aliphatic heterocycles. The van der Waals surface area contributed by atoms with E-state index in [0.717, 1.165) is 5.56 Å². The fourth-order valence-electron chi connectivity index (χ4n) is 1.73. The number of hydrogen-bond donors (Lipinski definition) is 0. The van der Waals surface area contributed by atoms with Gasteiger partial charge in [0.1, 0.15) is 0 Å². The van der Waals surface area contributed by atoms with Gasteiger partial charge in [-0.15, -0.1) is 0 Å². The number of aryl methyl sites for hydroxylation is 1. The van der Waals surface area contributed by atoms with Crippen LogP contribution < -0.4 is 0 Å². The molecule has 0 aliphatic carbocycles. The van der Waals surface area contributed by atoms with Crippen molar-refractivity contribution in [2.45, 2.75) is 13.0 Å². The second kappa shape index (κ2) is 3.77. The number of ether oxygens (including phenoxy) is 1. The number of esters is 1. The highest BCUT2D eigenvalue weighted by Crippen LogP contribution is 2.33. The summed E-state index contributed by atoms with van der Waals surface area (Å²) in [6.07, 6.45) is -0.729. The van der Waals surface area contributed by atoms with Crippen LogP contribution in [0.4, 0.5) is 0 Å². The molecule has 0 saturated carbocycles. The van der Waals surface area contributed by atoms with Crippen molar-refractivity contribution in [1.82, 2.24) is 0 Å². The van der Waals surface area contributed by atoms with Crippen LogP contribution in [-0.2, 0) is 9.53 Å². The number of cyclic esters (lactones) is 1. The number of Topliss-reactive ketones (excluding diaryl/α,β-unsaturated/α-hetero) is 1. The first-order chi connectivity index (χ1) is 7.15. The van der Waals surface area contributed by atoms with E-state index in [1.807, 2.05) is 13.0 Å². The summed E-state index contributed by atoms with van der Waals surface area (Å²) in [5, 5.41) is 0.193. The molecule has 15 heavy (non-hydrogen) atoms. The molecule has 1 heterocycles. The highest BCUT2D eigenvalue weighted by Gasteiger charge is 2.36. The lowest BCUT2D eigenvalue weighted by Crippen LogP contribution is -2.14. The van der Waals surface area contributed by atoms with Crippen molar-refractivity contribution in [3.63, 3.8) is 0 Å². The standard InChI is InChI=1S/C11H9BrO3/c1-6-3-2-4-7-9(6)10(8(13)5-12)15-11(7)14/h2-4,10H,5H2,1H3. The topological polar surface area (TPSA) is 43.4 Å².